The second kappa shape index (κ2) is 8.27. The Bertz CT molecular complexity index is 1190. The maximum atomic E-state index is 12.5. The summed E-state index contributed by atoms with van der Waals surface area (Å²) < 4.78 is 27.8. The predicted molar refractivity (Wildman–Crippen MR) is 114 cm³/mol. The monoisotopic (exact) mass is 430 g/mol. The zero-order valence-corrected chi connectivity index (χ0v) is 18.0. The van der Waals surface area contributed by atoms with Gasteiger partial charge in [-0.25, -0.2) is 22.4 Å². The first-order chi connectivity index (χ1) is 14.4. The van der Waals surface area contributed by atoms with Gasteiger partial charge in [0.1, 0.15) is 5.82 Å². The van der Waals surface area contributed by atoms with Crippen LogP contribution >= 0.6 is 0 Å². The minimum absolute atomic E-state index is 0.00194. The lowest BCUT2D eigenvalue weighted by Gasteiger charge is -2.30. The lowest BCUT2D eigenvalue weighted by atomic mass is 9.97. The molecule has 0 bridgehead atoms. The van der Waals surface area contributed by atoms with E-state index < -0.39 is 10.0 Å². The van der Waals surface area contributed by atoms with Crippen LogP contribution in [0.5, 0.6) is 0 Å². The first-order valence-electron chi connectivity index (χ1n) is 10.2. The summed E-state index contributed by atoms with van der Waals surface area (Å²) in [4.78, 5) is 20.0. The lowest BCUT2D eigenvalue weighted by molar-refractivity contribution is 0.313. The molecular formula is C20H26N6O3S. The van der Waals surface area contributed by atoms with Gasteiger partial charge in [-0.2, -0.15) is 0 Å². The number of H-pyrrole nitrogens is 1. The van der Waals surface area contributed by atoms with E-state index in [4.69, 9.17) is 0 Å². The van der Waals surface area contributed by atoms with Crippen LogP contribution in [0, 0.1) is 6.92 Å². The number of hydrogen-bond acceptors (Lipinski definition) is 6. The van der Waals surface area contributed by atoms with Gasteiger partial charge in [-0.15, -0.1) is 5.10 Å². The highest BCUT2D eigenvalue weighted by Gasteiger charge is 2.29. The van der Waals surface area contributed by atoms with Gasteiger partial charge in [0, 0.05) is 19.0 Å². The summed E-state index contributed by atoms with van der Waals surface area (Å²) in [5.41, 5.74) is 2.58. The van der Waals surface area contributed by atoms with Crippen molar-refractivity contribution in [2.45, 2.75) is 45.6 Å². The van der Waals surface area contributed by atoms with E-state index in [1.807, 2.05) is 38.1 Å². The molecule has 9 nitrogen and oxygen atoms in total. The third-order valence-electron chi connectivity index (χ3n) is 5.54. The van der Waals surface area contributed by atoms with Gasteiger partial charge >= 0.3 is 0 Å². The van der Waals surface area contributed by atoms with Crippen molar-refractivity contribution in [3.05, 3.63) is 51.6 Å². The third-order valence-corrected chi connectivity index (χ3v) is 7.62. The van der Waals surface area contributed by atoms with Crippen LogP contribution in [0.1, 0.15) is 49.1 Å². The van der Waals surface area contributed by atoms with Gasteiger partial charge in [-0.3, -0.25) is 4.79 Å². The molecule has 1 aliphatic rings. The normalized spacial score (nSPS) is 16.3. The van der Waals surface area contributed by atoms with Crippen molar-refractivity contribution in [2.24, 2.45) is 0 Å². The fourth-order valence-corrected chi connectivity index (χ4v) is 5.39. The summed E-state index contributed by atoms with van der Waals surface area (Å²) in [5.74, 6) is 0.744. The number of fused-ring (bicyclic) bond motifs is 1. The van der Waals surface area contributed by atoms with Crippen LogP contribution in [0.2, 0.25) is 0 Å². The maximum absolute atomic E-state index is 12.5. The smallest absolute Gasteiger partial charge is 0.281 e. The van der Waals surface area contributed by atoms with E-state index in [2.05, 4.69) is 20.3 Å². The Morgan fingerprint density at radius 1 is 1.17 bits per heavy atom. The Morgan fingerprint density at radius 3 is 2.53 bits per heavy atom. The molecule has 1 N–H and O–H groups in total. The number of hydrogen-bond donors (Lipinski definition) is 1. The van der Waals surface area contributed by atoms with Crippen molar-refractivity contribution in [3.8, 4) is 0 Å². The Hall–Kier alpha value is -2.59. The van der Waals surface area contributed by atoms with Crippen LogP contribution in [0.4, 0.5) is 0 Å². The fourth-order valence-electron chi connectivity index (χ4n) is 3.84. The maximum Gasteiger partial charge on any atom is 0.281 e. The van der Waals surface area contributed by atoms with Crippen LogP contribution in [0.25, 0.3) is 11.2 Å². The quantitative estimate of drug-likeness (QED) is 0.638. The molecule has 160 valence electrons. The molecule has 0 saturated carbocycles. The van der Waals surface area contributed by atoms with Crippen LogP contribution in [0.3, 0.4) is 0 Å². The molecule has 10 heteroatoms. The van der Waals surface area contributed by atoms with Crippen molar-refractivity contribution >= 4 is 21.2 Å². The number of benzene rings is 1. The molecular weight excluding hydrogens is 404 g/mol. The number of rotatable bonds is 6. The zero-order valence-electron chi connectivity index (χ0n) is 17.2. The molecule has 3 heterocycles. The number of piperidine rings is 1. The predicted octanol–water partition coefficient (Wildman–Crippen LogP) is 1.79. The lowest BCUT2D eigenvalue weighted by Crippen LogP contribution is -2.39. The highest BCUT2D eigenvalue weighted by molar-refractivity contribution is 7.89. The van der Waals surface area contributed by atoms with Crippen LogP contribution in [0.15, 0.2) is 29.1 Å². The molecule has 0 radical (unpaired) electrons. The number of aromatic amines is 1. The molecule has 4 rings (SSSR count). The van der Waals surface area contributed by atoms with E-state index in [1.165, 1.54) is 5.56 Å². The van der Waals surface area contributed by atoms with Crippen molar-refractivity contribution in [1.29, 1.82) is 0 Å². The van der Waals surface area contributed by atoms with Gasteiger partial charge in [0.05, 0.1) is 12.3 Å². The third kappa shape index (κ3) is 4.15. The Balaban J connectivity index is 1.57. The molecule has 1 saturated heterocycles. The number of aryl methyl sites for hydroxylation is 1. The molecule has 3 aromatic rings. The molecule has 0 atom stereocenters. The van der Waals surface area contributed by atoms with Crippen molar-refractivity contribution in [1.82, 2.24) is 29.3 Å². The van der Waals surface area contributed by atoms with Gasteiger partial charge in [0.2, 0.25) is 10.0 Å². The second-order valence-electron chi connectivity index (χ2n) is 7.85. The van der Waals surface area contributed by atoms with Gasteiger partial charge in [-0.1, -0.05) is 42.0 Å². The Morgan fingerprint density at radius 2 is 1.87 bits per heavy atom. The van der Waals surface area contributed by atoms with Crippen molar-refractivity contribution in [3.63, 3.8) is 0 Å². The van der Waals surface area contributed by atoms with Gasteiger partial charge in [0.15, 0.2) is 11.2 Å². The zero-order chi connectivity index (χ0) is 21.3. The summed E-state index contributed by atoms with van der Waals surface area (Å²) in [6.07, 6.45) is 1.85. The average molecular weight is 431 g/mol. The number of aromatic nitrogens is 5. The summed E-state index contributed by atoms with van der Waals surface area (Å²) in [6, 6.07) is 8.09. The summed E-state index contributed by atoms with van der Waals surface area (Å²) in [7, 11) is -3.20. The van der Waals surface area contributed by atoms with E-state index in [0.717, 1.165) is 5.56 Å². The molecule has 0 aliphatic carbocycles. The summed E-state index contributed by atoms with van der Waals surface area (Å²) in [6.45, 7) is 5.24. The average Bonchev–Trinajstić information content (AvgIpc) is 3.13. The molecule has 0 unspecified atom stereocenters. The standard InChI is InChI=1S/C20H26N6O3S/c1-3-12-30(28,29)25-10-8-16(9-11-25)18-21-19-17(20(27)22-18)23-24-26(19)13-15-6-4-14(2)5-7-15/h4-7,16H,3,8-13H2,1-2H3,(H,21,22,27). The van der Waals surface area contributed by atoms with Crippen LogP contribution < -0.4 is 5.56 Å². The highest BCUT2D eigenvalue weighted by atomic mass is 32.2. The first kappa shape index (κ1) is 20.7. The fraction of sp³-hybridized carbons (Fsp3) is 0.500. The number of nitrogens with one attached hydrogen (secondary N) is 1. The second-order valence-corrected chi connectivity index (χ2v) is 9.93. The SMILES string of the molecule is CCCS(=O)(=O)N1CCC(c2nc3c(nnn3Cc3ccc(C)cc3)c(=O)[nH]2)CC1. The molecule has 0 spiro atoms. The molecule has 1 aliphatic heterocycles. The number of nitrogens with zero attached hydrogens (tertiary/aromatic N) is 5. The van der Waals surface area contributed by atoms with E-state index in [-0.39, 0.29) is 22.7 Å². The topological polar surface area (TPSA) is 114 Å². The molecule has 1 fully saturated rings. The molecule has 2 aromatic heterocycles. The van der Waals surface area contributed by atoms with E-state index in [0.29, 0.717) is 50.4 Å². The minimum Gasteiger partial charge on any atom is -0.308 e. The molecule has 30 heavy (non-hydrogen) atoms. The Labute approximate surface area is 175 Å². The number of sulfonamides is 1. The van der Waals surface area contributed by atoms with Crippen molar-refractivity contribution < 1.29 is 8.42 Å². The van der Waals surface area contributed by atoms with Crippen molar-refractivity contribution in [2.75, 3.05) is 18.8 Å². The highest BCUT2D eigenvalue weighted by Crippen LogP contribution is 2.27. The van der Waals surface area contributed by atoms with E-state index >= 15 is 0 Å². The van der Waals surface area contributed by atoms with E-state index in [9.17, 15) is 13.2 Å². The van der Waals surface area contributed by atoms with Crippen LogP contribution in [-0.4, -0.2) is 56.5 Å². The van der Waals surface area contributed by atoms with Gasteiger partial charge in [-0.05, 0) is 31.7 Å². The summed E-state index contributed by atoms with van der Waals surface area (Å²) in [5, 5.41) is 8.12. The minimum atomic E-state index is -3.20. The largest absolute Gasteiger partial charge is 0.308 e. The first-order valence-corrected chi connectivity index (χ1v) is 11.8. The molecule has 1 aromatic carbocycles. The summed E-state index contributed by atoms with van der Waals surface area (Å²) >= 11 is 0. The van der Waals surface area contributed by atoms with Crippen LogP contribution in [-0.2, 0) is 16.6 Å². The Kier molecular flexibility index (Phi) is 5.70. The molecule has 0 amide bonds. The van der Waals surface area contributed by atoms with E-state index in [1.54, 1.807) is 8.99 Å². The van der Waals surface area contributed by atoms with Gasteiger partial charge in [0.25, 0.3) is 5.56 Å². The van der Waals surface area contributed by atoms with Gasteiger partial charge < -0.3 is 4.98 Å².